The molecule has 0 aliphatic rings. The van der Waals surface area contributed by atoms with Gasteiger partial charge in [-0.05, 0) is 12.1 Å². The van der Waals surface area contributed by atoms with Gasteiger partial charge < -0.3 is 5.32 Å². The molecule has 0 fully saturated rings. The summed E-state index contributed by atoms with van der Waals surface area (Å²) in [4.78, 5) is 11.2. The zero-order chi connectivity index (χ0) is 15.7. The van der Waals surface area contributed by atoms with Crippen LogP contribution in [0.5, 0.6) is 0 Å². The Balaban J connectivity index is 2.31. The van der Waals surface area contributed by atoms with Crippen LogP contribution in [0.25, 0.3) is 5.69 Å². The average Bonchev–Trinajstić information content (AvgIpc) is 2.91. The number of amides is 1. The summed E-state index contributed by atoms with van der Waals surface area (Å²) in [5.41, 5.74) is -0.154. The number of aromatic nitrogens is 3. The minimum atomic E-state index is -5.97. The van der Waals surface area contributed by atoms with Gasteiger partial charge in [-0.1, -0.05) is 17.3 Å². The first kappa shape index (κ1) is 14.9. The van der Waals surface area contributed by atoms with Gasteiger partial charge in [0.25, 0.3) is 0 Å². The molecule has 1 heterocycles. The van der Waals surface area contributed by atoms with Gasteiger partial charge in [0.2, 0.25) is 0 Å². The Morgan fingerprint density at radius 3 is 2.38 bits per heavy atom. The number of hydrogen-bond donors (Lipinski definition) is 1. The second-order valence-electron chi connectivity index (χ2n) is 3.89. The number of para-hydroxylation sites is 2. The van der Waals surface area contributed by atoms with Crippen molar-refractivity contribution in [2.24, 2.45) is 0 Å². The van der Waals surface area contributed by atoms with Gasteiger partial charge >= 0.3 is 18.0 Å². The molecule has 2 aromatic rings. The highest BCUT2D eigenvalue weighted by Crippen LogP contribution is 2.36. The molecule has 0 radical (unpaired) electrons. The Labute approximate surface area is 114 Å². The summed E-state index contributed by atoms with van der Waals surface area (Å²) in [6.07, 6.45) is -3.35. The molecule has 1 aromatic heterocycles. The number of anilines is 1. The minimum absolute atomic E-state index is 0.0984. The molecule has 112 valence electrons. The number of rotatable bonds is 3. The van der Waals surface area contributed by atoms with Crippen LogP contribution in [0.2, 0.25) is 0 Å². The Kier molecular flexibility index (Phi) is 3.62. The third-order valence-electron chi connectivity index (χ3n) is 2.46. The number of carbonyl (C=O) groups is 1. The van der Waals surface area contributed by atoms with Crippen LogP contribution in [0.15, 0.2) is 36.7 Å². The zero-order valence-corrected chi connectivity index (χ0v) is 10.1. The number of halogens is 5. The van der Waals surface area contributed by atoms with Crippen LogP contribution in [-0.4, -0.2) is 33.0 Å². The predicted molar refractivity (Wildman–Crippen MR) is 61.0 cm³/mol. The highest BCUT2D eigenvalue weighted by Gasteiger charge is 2.63. The Morgan fingerprint density at radius 2 is 1.81 bits per heavy atom. The van der Waals surface area contributed by atoms with Crippen molar-refractivity contribution in [3.63, 3.8) is 0 Å². The van der Waals surface area contributed by atoms with Crippen molar-refractivity contribution >= 4 is 11.6 Å². The van der Waals surface area contributed by atoms with Crippen molar-refractivity contribution < 1.29 is 26.7 Å². The van der Waals surface area contributed by atoms with Gasteiger partial charge in [0.15, 0.2) is 0 Å². The molecular formula is C11H7F5N4O. The van der Waals surface area contributed by atoms with Crippen molar-refractivity contribution in [3.05, 3.63) is 36.7 Å². The van der Waals surface area contributed by atoms with Gasteiger partial charge in [-0.2, -0.15) is 22.0 Å². The molecule has 10 heteroatoms. The molecule has 1 aromatic carbocycles. The Morgan fingerprint density at radius 1 is 1.14 bits per heavy atom. The van der Waals surface area contributed by atoms with Crippen LogP contribution >= 0.6 is 0 Å². The molecular weight excluding hydrogens is 299 g/mol. The number of hydrogen-bond acceptors (Lipinski definition) is 3. The number of carbonyl (C=O) groups excluding carboxylic acids is 1. The first-order chi connectivity index (χ1) is 9.73. The van der Waals surface area contributed by atoms with Crippen LogP contribution in [0.3, 0.4) is 0 Å². The largest absolute Gasteiger partial charge is 0.463 e. The van der Waals surface area contributed by atoms with E-state index in [4.69, 9.17) is 0 Å². The van der Waals surface area contributed by atoms with Crippen molar-refractivity contribution in [2.45, 2.75) is 12.1 Å². The summed E-state index contributed by atoms with van der Waals surface area (Å²) >= 11 is 0. The van der Waals surface area contributed by atoms with E-state index in [1.807, 2.05) is 0 Å². The third kappa shape index (κ3) is 2.83. The lowest BCUT2D eigenvalue weighted by Crippen LogP contribution is -2.47. The smallest absolute Gasteiger partial charge is 0.319 e. The lowest BCUT2D eigenvalue weighted by Gasteiger charge is -2.19. The standard InChI is InChI=1S/C11H7F5N4O/c12-10(13,11(14,15)16)9(21)18-7-3-1-2-4-8(7)20-6-5-17-19-20/h1-6H,(H,18,21). The first-order valence-electron chi connectivity index (χ1n) is 5.45. The van der Waals surface area contributed by atoms with E-state index in [2.05, 4.69) is 10.3 Å². The Hall–Kier alpha value is -2.52. The van der Waals surface area contributed by atoms with Gasteiger partial charge in [-0.15, -0.1) is 5.10 Å². The van der Waals surface area contributed by atoms with Crippen molar-refractivity contribution in [1.29, 1.82) is 0 Å². The van der Waals surface area contributed by atoms with Gasteiger partial charge in [0, 0.05) is 0 Å². The topological polar surface area (TPSA) is 59.8 Å². The summed E-state index contributed by atoms with van der Waals surface area (Å²) in [6, 6.07) is 5.40. The molecule has 2 rings (SSSR count). The van der Waals surface area contributed by atoms with Crippen LogP contribution in [0, 0.1) is 0 Å². The number of nitrogens with zero attached hydrogens (tertiary/aromatic N) is 3. The lowest BCUT2D eigenvalue weighted by atomic mass is 10.2. The minimum Gasteiger partial charge on any atom is -0.319 e. The van der Waals surface area contributed by atoms with E-state index in [9.17, 15) is 26.7 Å². The lowest BCUT2D eigenvalue weighted by molar-refractivity contribution is -0.267. The SMILES string of the molecule is O=C(Nc1ccccc1-n1ccnn1)C(F)(F)C(F)(F)F. The van der Waals surface area contributed by atoms with E-state index in [-0.39, 0.29) is 11.4 Å². The van der Waals surface area contributed by atoms with Crippen LogP contribution in [0.1, 0.15) is 0 Å². The predicted octanol–water partition coefficient (Wildman–Crippen LogP) is 2.40. The summed E-state index contributed by atoms with van der Waals surface area (Å²) in [5.74, 6) is -7.97. The molecule has 0 saturated carbocycles. The first-order valence-corrected chi connectivity index (χ1v) is 5.45. The molecule has 0 saturated heterocycles. The number of alkyl halides is 5. The average molecular weight is 306 g/mol. The summed E-state index contributed by atoms with van der Waals surface area (Å²) < 4.78 is 63.3. The van der Waals surface area contributed by atoms with Gasteiger partial charge in [0.1, 0.15) is 0 Å². The molecule has 0 bridgehead atoms. The molecule has 0 atom stereocenters. The van der Waals surface area contributed by atoms with E-state index in [0.29, 0.717) is 0 Å². The third-order valence-corrected chi connectivity index (χ3v) is 2.46. The van der Waals surface area contributed by atoms with E-state index >= 15 is 0 Å². The quantitative estimate of drug-likeness (QED) is 0.886. The molecule has 0 unspecified atom stereocenters. The van der Waals surface area contributed by atoms with E-state index in [1.54, 1.807) is 5.32 Å². The second-order valence-corrected chi connectivity index (χ2v) is 3.89. The highest BCUT2D eigenvalue weighted by atomic mass is 19.4. The van der Waals surface area contributed by atoms with Crippen LogP contribution < -0.4 is 5.32 Å². The van der Waals surface area contributed by atoms with Gasteiger partial charge in [-0.3, -0.25) is 4.79 Å². The second kappa shape index (κ2) is 5.11. The molecule has 0 aliphatic carbocycles. The van der Waals surface area contributed by atoms with Crippen molar-refractivity contribution in [3.8, 4) is 5.69 Å². The fourth-order valence-corrected chi connectivity index (χ4v) is 1.45. The Bertz CT molecular complexity index is 638. The molecule has 0 aliphatic heterocycles. The fraction of sp³-hybridized carbons (Fsp3) is 0.182. The maximum absolute atomic E-state index is 12.9. The molecule has 0 spiro atoms. The highest BCUT2D eigenvalue weighted by molar-refractivity contribution is 5.98. The number of benzene rings is 1. The van der Waals surface area contributed by atoms with Crippen molar-refractivity contribution in [2.75, 3.05) is 5.32 Å². The molecule has 1 N–H and O–H groups in total. The monoisotopic (exact) mass is 306 g/mol. The van der Waals surface area contributed by atoms with Crippen LogP contribution in [-0.2, 0) is 4.79 Å². The fourth-order valence-electron chi connectivity index (χ4n) is 1.45. The number of nitrogens with one attached hydrogen (secondary N) is 1. The maximum atomic E-state index is 12.9. The summed E-state index contributed by atoms with van der Waals surface area (Å²) in [6.45, 7) is 0. The molecule has 1 amide bonds. The van der Waals surface area contributed by atoms with E-state index in [1.165, 1.54) is 36.7 Å². The van der Waals surface area contributed by atoms with E-state index < -0.39 is 18.0 Å². The molecule has 21 heavy (non-hydrogen) atoms. The van der Waals surface area contributed by atoms with E-state index in [0.717, 1.165) is 4.68 Å². The molecule has 5 nitrogen and oxygen atoms in total. The summed E-state index contributed by atoms with van der Waals surface area (Å²) in [7, 11) is 0. The normalized spacial score (nSPS) is 12.2. The summed E-state index contributed by atoms with van der Waals surface area (Å²) in [5, 5.41) is 8.60. The van der Waals surface area contributed by atoms with Gasteiger partial charge in [0.05, 0.1) is 23.8 Å². The van der Waals surface area contributed by atoms with Gasteiger partial charge in [-0.25, -0.2) is 4.68 Å². The van der Waals surface area contributed by atoms with Crippen LogP contribution in [0.4, 0.5) is 27.6 Å². The van der Waals surface area contributed by atoms with Crippen molar-refractivity contribution in [1.82, 2.24) is 15.0 Å². The maximum Gasteiger partial charge on any atom is 0.463 e. The zero-order valence-electron chi connectivity index (χ0n) is 10.1.